The minimum Gasteiger partial charge on any atom is -0.481 e. The number of carbonyl (C=O) groups is 2. The number of hydrogen-bond acceptors (Lipinski definition) is 3. The minimum atomic E-state index is -0.845. The largest absolute Gasteiger partial charge is 0.481 e. The molecule has 0 bridgehead atoms. The number of benzene rings is 1. The van der Waals surface area contributed by atoms with Crippen molar-refractivity contribution in [1.82, 2.24) is 5.32 Å². The number of carboxylic acid groups (broad SMARTS) is 1. The van der Waals surface area contributed by atoms with E-state index in [1.807, 2.05) is 31.2 Å². The lowest BCUT2D eigenvalue weighted by molar-refractivity contribution is -0.142. The predicted molar refractivity (Wildman–Crippen MR) is 81.3 cm³/mol. The van der Waals surface area contributed by atoms with Crippen molar-refractivity contribution in [3.05, 3.63) is 29.8 Å². The summed E-state index contributed by atoms with van der Waals surface area (Å²) in [5, 5.41) is 15.2. The van der Waals surface area contributed by atoms with Crippen molar-refractivity contribution in [2.24, 2.45) is 5.92 Å². The number of hydrogen-bond donors (Lipinski definition) is 3. The van der Waals surface area contributed by atoms with Crippen LogP contribution in [0.25, 0.3) is 0 Å². The molecule has 3 N–H and O–H groups in total. The van der Waals surface area contributed by atoms with Crippen LogP contribution in [-0.4, -0.2) is 30.1 Å². The van der Waals surface area contributed by atoms with Crippen LogP contribution in [0.3, 0.4) is 0 Å². The Morgan fingerprint density at radius 3 is 2.90 bits per heavy atom. The van der Waals surface area contributed by atoms with Crippen molar-refractivity contribution in [3.63, 3.8) is 0 Å². The standard InChI is InChI=1S/C16H22N2O3/c1-2-5-11(16(20)21)10-18-15(19)13-8-9-17-14-7-4-3-6-12(13)14/h3-4,6-7,11,13,17H,2,5,8-10H2,1H3,(H,18,19)(H,20,21). The van der Waals surface area contributed by atoms with Crippen LogP contribution >= 0.6 is 0 Å². The Morgan fingerprint density at radius 1 is 1.43 bits per heavy atom. The summed E-state index contributed by atoms with van der Waals surface area (Å²) >= 11 is 0. The molecule has 1 aliphatic rings. The van der Waals surface area contributed by atoms with E-state index in [0.717, 1.165) is 30.6 Å². The third-order valence-corrected chi connectivity index (χ3v) is 3.91. The zero-order chi connectivity index (χ0) is 15.2. The maximum atomic E-state index is 12.4. The summed E-state index contributed by atoms with van der Waals surface area (Å²) < 4.78 is 0. The number of rotatable bonds is 6. The van der Waals surface area contributed by atoms with E-state index >= 15 is 0 Å². The zero-order valence-corrected chi connectivity index (χ0v) is 12.3. The second-order valence-electron chi connectivity index (χ2n) is 5.42. The van der Waals surface area contributed by atoms with E-state index in [4.69, 9.17) is 5.11 Å². The average Bonchev–Trinajstić information content (AvgIpc) is 2.50. The van der Waals surface area contributed by atoms with E-state index in [0.29, 0.717) is 6.42 Å². The van der Waals surface area contributed by atoms with Gasteiger partial charge in [0.2, 0.25) is 5.91 Å². The molecule has 2 rings (SSSR count). The van der Waals surface area contributed by atoms with Gasteiger partial charge in [-0.2, -0.15) is 0 Å². The third-order valence-electron chi connectivity index (χ3n) is 3.91. The molecule has 0 saturated heterocycles. The summed E-state index contributed by atoms with van der Waals surface area (Å²) in [6, 6.07) is 7.77. The van der Waals surface area contributed by atoms with Crippen molar-refractivity contribution in [2.75, 3.05) is 18.4 Å². The number of amides is 1. The van der Waals surface area contributed by atoms with Crippen LogP contribution in [0.2, 0.25) is 0 Å². The summed E-state index contributed by atoms with van der Waals surface area (Å²) in [7, 11) is 0. The van der Waals surface area contributed by atoms with Crippen molar-refractivity contribution in [1.29, 1.82) is 0 Å². The van der Waals surface area contributed by atoms with Crippen LogP contribution in [0.5, 0.6) is 0 Å². The van der Waals surface area contributed by atoms with Crippen molar-refractivity contribution in [3.8, 4) is 0 Å². The first-order chi connectivity index (χ1) is 10.1. The molecule has 0 radical (unpaired) electrons. The fraction of sp³-hybridized carbons (Fsp3) is 0.500. The normalized spacial score (nSPS) is 18.2. The lowest BCUT2D eigenvalue weighted by Gasteiger charge is -2.26. The van der Waals surface area contributed by atoms with Gasteiger partial charge in [0.25, 0.3) is 0 Å². The lowest BCUT2D eigenvalue weighted by atomic mass is 9.90. The summed E-state index contributed by atoms with van der Waals surface area (Å²) in [4.78, 5) is 23.5. The highest BCUT2D eigenvalue weighted by Gasteiger charge is 2.27. The SMILES string of the molecule is CCCC(CNC(=O)C1CCNc2ccccc21)C(=O)O. The molecule has 2 atom stereocenters. The van der Waals surface area contributed by atoms with E-state index < -0.39 is 11.9 Å². The Balaban J connectivity index is 2.00. The molecule has 1 aliphatic heterocycles. The Morgan fingerprint density at radius 2 is 2.19 bits per heavy atom. The molecule has 1 amide bonds. The molecular weight excluding hydrogens is 268 g/mol. The Labute approximate surface area is 124 Å². The average molecular weight is 290 g/mol. The number of nitrogens with one attached hydrogen (secondary N) is 2. The molecular formula is C16H22N2O3. The predicted octanol–water partition coefficient (Wildman–Crippen LogP) is 2.20. The summed E-state index contributed by atoms with van der Waals surface area (Å²) in [6.45, 7) is 2.90. The van der Waals surface area contributed by atoms with Gasteiger partial charge in [-0.05, 0) is 24.5 Å². The molecule has 0 saturated carbocycles. The Bertz CT molecular complexity index is 516. The fourth-order valence-electron chi connectivity index (χ4n) is 2.75. The van der Waals surface area contributed by atoms with Gasteiger partial charge in [0.15, 0.2) is 0 Å². The zero-order valence-electron chi connectivity index (χ0n) is 12.3. The van der Waals surface area contributed by atoms with Crippen LogP contribution in [0.4, 0.5) is 5.69 Å². The van der Waals surface area contributed by atoms with Gasteiger partial charge in [0.05, 0.1) is 11.8 Å². The highest BCUT2D eigenvalue weighted by atomic mass is 16.4. The first-order valence-electron chi connectivity index (χ1n) is 7.46. The first kappa shape index (κ1) is 15.4. The fourth-order valence-corrected chi connectivity index (χ4v) is 2.75. The Hall–Kier alpha value is -2.04. The van der Waals surface area contributed by atoms with Crippen LogP contribution in [0.15, 0.2) is 24.3 Å². The van der Waals surface area contributed by atoms with E-state index in [9.17, 15) is 9.59 Å². The highest BCUT2D eigenvalue weighted by Crippen LogP contribution is 2.31. The topological polar surface area (TPSA) is 78.4 Å². The van der Waals surface area contributed by atoms with E-state index in [1.54, 1.807) is 0 Å². The highest BCUT2D eigenvalue weighted by molar-refractivity contribution is 5.86. The summed E-state index contributed by atoms with van der Waals surface area (Å²) in [5.74, 6) is -1.62. The van der Waals surface area contributed by atoms with Crippen LogP contribution < -0.4 is 10.6 Å². The molecule has 0 spiro atoms. The number of para-hydroxylation sites is 1. The maximum absolute atomic E-state index is 12.4. The van der Waals surface area contributed by atoms with Crippen molar-refractivity contribution in [2.45, 2.75) is 32.1 Å². The molecule has 21 heavy (non-hydrogen) atoms. The molecule has 0 fully saturated rings. The van der Waals surface area contributed by atoms with Crippen molar-refractivity contribution >= 4 is 17.6 Å². The number of fused-ring (bicyclic) bond motifs is 1. The molecule has 1 aromatic carbocycles. The summed E-state index contributed by atoms with van der Waals surface area (Å²) in [5.41, 5.74) is 1.98. The van der Waals surface area contributed by atoms with Crippen LogP contribution in [-0.2, 0) is 9.59 Å². The molecule has 1 heterocycles. The van der Waals surface area contributed by atoms with Gasteiger partial charge >= 0.3 is 5.97 Å². The molecule has 114 valence electrons. The van der Waals surface area contributed by atoms with Crippen LogP contribution in [0.1, 0.15) is 37.7 Å². The Kier molecular flexibility index (Phi) is 5.20. The maximum Gasteiger partial charge on any atom is 0.308 e. The minimum absolute atomic E-state index is 0.0775. The first-order valence-corrected chi connectivity index (χ1v) is 7.46. The van der Waals surface area contributed by atoms with Gasteiger partial charge in [-0.1, -0.05) is 31.5 Å². The van der Waals surface area contributed by atoms with E-state index in [2.05, 4.69) is 10.6 Å². The molecule has 5 nitrogen and oxygen atoms in total. The van der Waals surface area contributed by atoms with Gasteiger partial charge in [0.1, 0.15) is 0 Å². The van der Waals surface area contributed by atoms with Gasteiger partial charge in [0, 0.05) is 18.8 Å². The van der Waals surface area contributed by atoms with Gasteiger partial charge in [-0.3, -0.25) is 9.59 Å². The molecule has 0 aliphatic carbocycles. The van der Waals surface area contributed by atoms with Gasteiger partial charge < -0.3 is 15.7 Å². The summed E-state index contributed by atoms with van der Waals surface area (Å²) in [6.07, 6.45) is 2.11. The quantitative estimate of drug-likeness (QED) is 0.750. The smallest absolute Gasteiger partial charge is 0.308 e. The van der Waals surface area contributed by atoms with Crippen molar-refractivity contribution < 1.29 is 14.7 Å². The second kappa shape index (κ2) is 7.11. The number of carboxylic acids is 1. The monoisotopic (exact) mass is 290 g/mol. The third kappa shape index (κ3) is 3.74. The van der Waals surface area contributed by atoms with E-state index in [1.165, 1.54) is 0 Å². The molecule has 1 aromatic rings. The van der Waals surface area contributed by atoms with E-state index in [-0.39, 0.29) is 18.4 Å². The number of carbonyl (C=O) groups excluding carboxylic acids is 1. The molecule has 2 unspecified atom stereocenters. The van der Waals surface area contributed by atoms with Gasteiger partial charge in [-0.15, -0.1) is 0 Å². The van der Waals surface area contributed by atoms with Crippen LogP contribution in [0, 0.1) is 5.92 Å². The second-order valence-corrected chi connectivity index (χ2v) is 5.42. The lowest BCUT2D eigenvalue weighted by Crippen LogP contribution is -2.37. The number of aliphatic carboxylic acids is 1. The molecule has 0 aromatic heterocycles. The number of anilines is 1. The van der Waals surface area contributed by atoms with Gasteiger partial charge in [-0.25, -0.2) is 0 Å². The molecule has 5 heteroatoms.